The van der Waals surface area contributed by atoms with Crippen LogP contribution in [0.2, 0.25) is 0 Å². The largest absolute Gasteiger partial charge is 0.444 e. The molecule has 0 aliphatic heterocycles. The van der Waals surface area contributed by atoms with Gasteiger partial charge in [0, 0.05) is 19.4 Å². The fourth-order valence-corrected chi connectivity index (χ4v) is 5.92. The number of esters is 1. The van der Waals surface area contributed by atoms with Crippen molar-refractivity contribution in [3.8, 4) is 5.75 Å². The molecule has 1 unspecified atom stereocenters. The van der Waals surface area contributed by atoms with Crippen molar-refractivity contribution in [1.29, 1.82) is 0 Å². The average molecular weight is 755 g/mol. The summed E-state index contributed by atoms with van der Waals surface area (Å²) in [6.45, 7) is 13.5. The Morgan fingerprint density at radius 2 is 1.35 bits per heavy atom. The van der Waals surface area contributed by atoms with Crippen molar-refractivity contribution in [1.82, 2.24) is 15.5 Å². The lowest BCUT2D eigenvalue weighted by molar-refractivity contribution is -0.135. The molecule has 13 heteroatoms. The number of benzene rings is 3. The first-order chi connectivity index (χ1) is 25.7. The van der Waals surface area contributed by atoms with Crippen molar-refractivity contribution in [2.75, 3.05) is 6.54 Å². The van der Waals surface area contributed by atoms with Gasteiger partial charge in [-0.15, -0.1) is 0 Å². The number of guanidine groups is 1. The van der Waals surface area contributed by atoms with Crippen molar-refractivity contribution in [2.45, 2.75) is 105 Å². The first-order valence-corrected chi connectivity index (χ1v) is 18.1. The van der Waals surface area contributed by atoms with Crippen LogP contribution in [0.3, 0.4) is 0 Å². The number of ketones is 2. The van der Waals surface area contributed by atoms with Crippen LogP contribution in [0.1, 0.15) is 107 Å². The van der Waals surface area contributed by atoms with E-state index >= 15 is 0 Å². The molecular weight excluding hydrogens is 704 g/mol. The van der Waals surface area contributed by atoms with E-state index < -0.39 is 29.4 Å². The van der Waals surface area contributed by atoms with Gasteiger partial charge in [-0.2, -0.15) is 0 Å². The molecule has 1 atom stereocenters. The van der Waals surface area contributed by atoms with Gasteiger partial charge in [0.2, 0.25) is 11.9 Å². The van der Waals surface area contributed by atoms with Crippen LogP contribution in [0, 0.1) is 0 Å². The molecule has 55 heavy (non-hydrogen) atoms. The minimum Gasteiger partial charge on any atom is -0.444 e. The molecule has 0 saturated heterocycles. The molecule has 0 fully saturated rings. The zero-order valence-electron chi connectivity index (χ0n) is 32.7. The Morgan fingerprint density at radius 3 is 1.89 bits per heavy atom. The van der Waals surface area contributed by atoms with Crippen LogP contribution in [0.15, 0.2) is 71.7 Å². The number of aryl methyl sites for hydroxylation is 1. The highest BCUT2D eigenvalue weighted by molar-refractivity contribution is 6.02. The van der Waals surface area contributed by atoms with Crippen molar-refractivity contribution < 1.29 is 43.0 Å². The molecular formula is C42H50N4O9. The first kappa shape index (κ1) is 41.9. The van der Waals surface area contributed by atoms with Gasteiger partial charge in [-0.25, -0.2) is 19.4 Å². The van der Waals surface area contributed by atoms with E-state index in [0.29, 0.717) is 24.3 Å². The van der Waals surface area contributed by atoms with E-state index in [1.54, 1.807) is 52.5 Å². The van der Waals surface area contributed by atoms with Crippen LogP contribution < -0.4 is 15.4 Å². The van der Waals surface area contributed by atoms with Gasteiger partial charge in [-0.3, -0.25) is 25.0 Å². The van der Waals surface area contributed by atoms with Crippen LogP contribution in [0.25, 0.3) is 0 Å². The van der Waals surface area contributed by atoms with E-state index in [0.717, 1.165) is 28.7 Å². The maximum absolute atomic E-state index is 13.5. The maximum atomic E-state index is 13.5. The summed E-state index contributed by atoms with van der Waals surface area (Å²) in [6, 6.07) is 18.9. The van der Waals surface area contributed by atoms with Gasteiger partial charge >= 0.3 is 18.2 Å². The number of hydrogen-bond acceptors (Lipinski definition) is 10. The summed E-state index contributed by atoms with van der Waals surface area (Å²) >= 11 is 0. The van der Waals surface area contributed by atoms with E-state index in [1.165, 1.54) is 38.1 Å². The van der Waals surface area contributed by atoms with E-state index in [4.69, 9.17) is 14.2 Å². The number of amides is 3. The molecule has 4 rings (SSSR count). The second kappa shape index (κ2) is 18.0. The monoisotopic (exact) mass is 754 g/mol. The lowest BCUT2D eigenvalue weighted by atomic mass is 9.96. The third-order valence-electron chi connectivity index (χ3n) is 8.15. The number of ether oxygens (including phenoxy) is 3. The van der Waals surface area contributed by atoms with Crippen LogP contribution in [0.4, 0.5) is 15.3 Å². The third-order valence-corrected chi connectivity index (χ3v) is 8.15. The Balaban J connectivity index is 1.40. The van der Waals surface area contributed by atoms with Crippen molar-refractivity contribution >= 4 is 47.3 Å². The molecule has 0 aromatic heterocycles. The Hall–Kier alpha value is -5.85. The van der Waals surface area contributed by atoms with Crippen molar-refractivity contribution in [3.63, 3.8) is 0 Å². The molecule has 0 bridgehead atoms. The number of nitrogens with zero attached hydrogens (tertiary/aromatic N) is 2. The van der Waals surface area contributed by atoms with E-state index in [1.807, 2.05) is 36.4 Å². The molecule has 1 aliphatic carbocycles. The predicted molar refractivity (Wildman–Crippen MR) is 206 cm³/mol. The highest BCUT2D eigenvalue weighted by Crippen LogP contribution is 2.38. The average Bonchev–Trinajstić information content (AvgIpc) is 3.44. The van der Waals surface area contributed by atoms with Crippen LogP contribution in [0.5, 0.6) is 5.75 Å². The van der Waals surface area contributed by atoms with Crippen LogP contribution in [-0.2, 0) is 43.2 Å². The molecule has 2 N–H and O–H groups in total. The molecule has 1 aliphatic rings. The number of hydrogen-bond donors (Lipinski definition) is 2. The quantitative estimate of drug-likeness (QED) is 0.0896. The summed E-state index contributed by atoms with van der Waals surface area (Å²) in [5, 5.41) is 4.83. The number of aliphatic imine (C=N–C) groups is 1. The molecule has 3 aromatic rings. The number of fused-ring (bicyclic) bond motifs is 1. The summed E-state index contributed by atoms with van der Waals surface area (Å²) in [5.41, 5.74) is 2.71. The Bertz CT molecular complexity index is 1910. The molecule has 0 heterocycles. The summed E-state index contributed by atoms with van der Waals surface area (Å²) < 4.78 is 16.2. The number of alkyl carbamates (subject to hydrolysis) is 2. The van der Waals surface area contributed by atoms with E-state index in [9.17, 15) is 28.8 Å². The molecule has 0 spiro atoms. The lowest BCUT2D eigenvalue weighted by Crippen LogP contribution is -2.47. The summed E-state index contributed by atoms with van der Waals surface area (Å²) in [5.74, 6) is -0.704. The number of carbonyl (C=O) groups excluding carboxylic acids is 6. The highest BCUT2D eigenvalue weighted by Gasteiger charge is 2.28. The predicted octanol–water partition coefficient (Wildman–Crippen LogP) is 7.11. The van der Waals surface area contributed by atoms with Gasteiger partial charge in [0.25, 0.3) is 0 Å². The van der Waals surface area contributed by atoms with Gasteiger partial charge in [-0.1, -0.05) is 30.3 Å². The number of carbonyl (C=O) groups is 6. The molecule has 0 saturated carbocycles. The maximum Gasteiger partial charge on any atom is 0.414 e. The Labute approximate surface area is 321 Å². The first-order valence-electron chi connectivity index (χ1n) is 18.1. The number of rotatable bonds is 11. The molecule has 3 amide bonds. The summed E-state index contributed by atoms with van der Waals surface area (Å²) in [6.07, 6.45) is 0.342. The van der Waals surface area contributed by atoms with Gasteiger partial charge in [-0.05, 0) is 133 Å². The van der Waals surface area contributed by atoms with E-state index in [2.05, 4.69) is 15.6 Å². The second-order valence-electron chi connectivity index (χ2n) is 15.6. The highest BCUT2D eigenvalue weighted by atomic mass is 16.6. The van der Waals surface area contributed by atoms with Gasteiger partial charge in [0.05, 0.1) is 17.8 Å². The van der Waals surface area contributed by atoms with Crippen LogP contribution in [-0.4, -0.2) is 64.2 Å². The minimum absolute atomic E-state index is 0.00291. The zero-order valence-corrected chi connectivity index (χ0v) is 32.7. The Morgan fingerprint density at radius 1 is 0.764 bits per heavy atom. The lowest BCUT2D eigenvalue weighted by Gasteiger charge is -2.24. The van der Waals surface area contributed by atoms with Gasteiger partial charge < -0.3 is 19.1 Å². The SMILES string of the molecule is CC(=O)Cc1ccc(CN(CC(C)=O)C(=O)CC2CCc3cc(OC(=O)c4ccc(N=C(NC(=O)OC(C)(C)C)NC(=O)OC(C)(C)C)cc4)ccc32)cc1. The fraction of sp³-hybridized carbons (Fsp3) is 0.405. The molecule has 0 radical (unpaired) electrons. The third kappa shape index (κ3) is 13.8. The topological polar surface area (TPSA) is 170 Å². The molecule has 13 nitrogen and oxygen atoms in total. The fourth-order valence-electron chi connectivity index (χ4n) is 5.92. The van der Waals surface area contributed by atoms with Gasteiger partial charge in [0.1, 0.15) is 28.5 Å². The molecule has 3 aromatic carbocycles. The van der Waals surface area contributed by atoms with Crippen molar-refractivity contribution in [3.05, 3.63) is 94.5 Å². The van der Waals surface area contributed by atoms with E-state index in [-0.39, 0.29) is 54.4 Å². The molecule has 292 valence electrons. The normalized spacial score (nSPS) is 13.5. The van der Waals surface area contributed by atoms with Crippen LogP contribution >= 0.6 is 0 Å². The standard InChI is InChI=1S/C42H50N4O9/c1-26(47)21-28-9-11-29(12-10-28)25-46(24-27(2)48)36(49)23-32-14-13-31-22-34(19-20-35(31)32)53-37(50)30-15-17-33(18-16-30)43-38(44-39(51)54-41(3,4)5)45-40(52)55-42(6,7)8/h9-12,15-20,22,32H,13-14,21,23-25H2,1-8H3,(H2,43,44,45,51,52). The smallest absolute Gasteiger partial charge is 0.414 e. The van der Waals surface area contributed by atoms with Gasteiger partial charge in [0.15, 0.2) is 0 Å². The van der Waals surface area contributed by atoms with Crippen molar-refractivity contribution in [2.24, 2.45) is 4.99 Å². The summed E-state index contributed by atoms with van der Waals surface area (Å²) in [7, 11) is 0. The number of nitrogens with one attached hydrogen (secondary N) is 2. The Kier molecular flexibility index (Phi) is 13.7. The number of Topliss-reactive ketones (excluding diaryl/α,β-unsaturated/α-hetero) is 2. The second-order valence-corrected chi connectivity index (χ2v) is 15.6. The zero-order chi connectivity index (χ0) is 40.5. The summed E-state index contributed by atoms with van der Waals surface area (Å²) in [4.78, 5) is 80.9. The minimum atomic E-state index is -0.838.